The number of anilines is 1. The molecule has 20 heavy (non-hydrogen) atoms. The molecule has 7 heteroatoms. The van der Waals surface area contributed by atoms with Gasteiger partial charge in [0.15, 0.2) is 5.65 Å². The molecule has 0 bridgehead atoms. The summed E-state index contributed by atoms with van der Waals surface area (Å²) in [6.07, 6.45) is 9.32. The van der Waals surface area contributed by atoms with Crippen molar-refractivity contribution in [1.29, 1.82) is 0 Å². The number of hydrogen-bond acceptors (Lipinski definition) is 4. The number of nitrogens with zero attached hydrogens (tertiary/aromatic N) is 5. The molecule has 3 aromatic heterocycles. The molecule has 102 valence electrons. The first-order valence-corrected chi connectivity index (χ1v) is 6.40. The Morgan fingerprint density at radius 3 is 3.10 bits per heavy atom. The van der Waals surface area contributed by atoms with Crippen molar-refractivity contribution in [3.8, 4) is 0 Å². The van der Waals surface area contributed by atoms with Crippen LogP contribution in [0, 0.1) is 0 Å². The van der Waals surface area contributed by atoms with Gasteiger partial charge in [0.1, 0.15) is 5.56 Å². The molecule has 3 heterocycles. The van der Waals surface area contributed by atoms with Crippen molar-refractivity contribution >= 4 is 17.2 Å². The predicted octanol–water partition coefficient (Wildman–Crippen LogP) is 1.59. The number of carbonyl (C=O) groups is 1. The number of nitrogens with one attached hydrogen (secondary N) is 1. The Hall–Kier alpha value is -2.70. The normalized spacial score (nSPS) is 10.8. The number of fused-ring (bicyclic) bond motifs is 1. The number of hydrogen-bond donors (Lipinski definition) is 1. The quantitative estimate of drug-likeness (QED) is 0.781. The molecule has 0 aliphatic rings. The van der Waals surface area contributed by atoms with E-state index in [4.69, 9.17) is 0 Å². The van der Waals surface area contributed by atoms with Gasteiger partial charge in [-0.3, -0.25) is 9.48 Å². The largest absolute Gasteiger partial charge is 0.319 e. The maximum absolute atomic E-state index is 12.2. The standard InChI is InChI=1S/C13H14N6O/c1-2-5-18-9-10(7-15-18)17-13(20)11-8-16-19-6-3-4-14-12(11)19/h3-4,6-9H,2,5H2,1H3,(H,17,20). The lowest BCUT2D eigenvalue weighted by Crippen LogP contribution is -2.11. The van der Waals surface area contributed by atoms with Gasteiger partial charge >= 0.3 is 0 Å². The van der Waals surface area contributed by atoms with Gasteiger partial charge in [0.25, 0.3) is 5.91 Å². The molecular formula is C13H14N6O. The highest BCUT2D eigenvalue weighted by Crippen LogP contribution is 2.11. The Labute approximate surface area is 115 Å². The van der Waals surface area contributed by atoms with Gasteiger partial charge in [-0.1, -0.05) is 6.92 Å². The van der Waals surface area contributed by atoms with Crippen LogP contribution in [0.4, 0.5) is 5.69 Å². The molecule has 0 saturated heterocycles. The molecule has 0 saturated carbocycles. The summed E-state index contributed by atoms with van der Waals surface area (Å²) in [6.45, 7) is 2.90. The van der Waals surface area contributed by atoms with E-state index >= 15 is 0 Å². The van der Waals surface area contributed by atoms with Crippen LogP contribution in [0.25, 0.3) is 5.65 Å². The first kappa shape index (κ1) is 12.3. The highest BCUT2D eigenvalue weighted by molar-refractivity contribution is 6.07. The molecule has 0 unspecified atom stereocenters. The summed E-state index contributed by atoms with van der Waals surface area (Å²) in [5.74, 6) is -0.241. The summed E-state index contributed by atoms with van der Waals surface area (Å²) in [7, 11) is 0. The van der Waals surface area contributed by atoms with Crippen LogP contribution in [-0.2, 0) is 6.54 Å². The van der Waals surface area contributed by atoms with Crippen molar-refractivity contribution in [3.63, 3.8) is 0 Å². The summed E-state index contributed by atoms with van der Waals surface area (Å²) < 4.78 is 3.36. The SMILES string of the molecule is CCCn1cc(NC(=O)c2cnn3cccnc23)cn1. The van der Waals surface area contributed by atoms with E-state index in [2.05, 4.69) is 27.4 Å². The Balaban J connectivity index is 1.81. The van der Waals surface area contributed by atoms with Gasteiger partial charge in [0.2, 0.25) is 0 Å². The highest BCUT2D eigenvalue weighted by Gasteiger charge is 2.14. The summed E-state index contributed by atoms with van der Waals surface area (Å²) in [5, 5.41) is 11.1. The van der Waals surface area contributed by atoms with Gasteiger partial charge < -0.3 is 5.32 Å². The second kappa shape index (κ2) is 5.12. The van der Waals surface area contributed by atoms with Crippen LogP contribution in [0.5, 0.6) is 0 Å². The lowest BCUT2D eigenvalue weighted by Gasteiger charge is -2.00. The molecule has 0 aromatic carbocycles. The Morgan fingerprint density at radius 1 is 1.35 bits per heavy atom. The fourth-order valence-corrected chi connectivity index (χ4v) is 1.97. The zero-order chi connectivity index (χ0) is 13.9. The topological polar surface area (TPSA) is 77.1 Å². The third-order valence-corrected chi connectivity index (χ3v) is 2.87. The fraction of sp³-hybridized carbons (Fsp3) is 0.231. The Bertz CT molecular complexity index is 744. The van der Waals surface area contributed by atoms with E-state index < -0.39 is 0 Å². The van der Waals surface area contributed by atoms with Crippen molar-refractivity contribution in [2.45, 2.75) is 19.9 Å². The highest BCUT2D eigenvalue weighted by atomic mass is 16.1. The van der Waals surface area contributed by atoms with Crippen molar-refractivity contribution < 1.29 is 4.79 Å². The molecule has 7 nitrogen and oxygen atoms in total. The second-order valence-corrected chi connectivity index (χ2v) is 4.39. The predicted molar refractivity (Wildman–Crippen MR) is 73.5 cm³/mol. The van der Waals surface area contributed by atoms with Gasteiger partial charge in [0, 0.05) is 25.1 Å². The monoisotopic (exact) mass is 270 g/mol. The molecule has 1 N–H and O–H groups in total. The van der Waals surface area contributed by atoms with Crippen molar-refractivity contribution in [1.82, 2.24) is 24.4 Å². The first-order chi connectivity index (χ1) is 9.78. The molecule has 0 spiro atoms. The molecule has 0 fully saturated rings. The van der Waals surface area contributed by atoms with Crippen molar-refractivity contribution in [2.75, 3.05) is 5.32 Å². The summed E-state index contributed by atoms with van der Waals surface area (Å²) in [5.41, 5.74) is 1.64. The zero-order valence-corrected chi connectivity index (χ0v) is 11.0. The molecule has 3 rings (SSSR count). The van der Waals surface area contributed by atoms with Crippen LogP contribution in [0.1, 0.15) is 23.7 Å². The molecule has 3 aromatic rings. The lowest BCUT2D eigenvalue weighted by molar-refractivity contribution is 0.102. The van der Waals surface area contributed by atoms with Crippen LogP contribution < -0.4 is 5.32 Å². The summed E-state index contributed by atoms with van der Waals surface area (Å²) in [4.78, 5) is 16.4. The number of aryl methyl sites for hydroxylation is 1. The summed E-state index contributed by atoms with van der Waals surface area (Å²) >= 11 is 0. The molecule has 1 amide bonds. The van der Waals surface area contributed by atoms with E-state index in [1.807, 2.05) is 0 Å². The van der Waals surface area contributed by atoms with Crippen molar-refractivity contribution in [3.05, 3.63) is 42.6 Å². The third-order valence-electron chi connectivity index (χ3n) is 2.87. The van der Waals surface area contributed by atoms with E-state index in [-0.39, 0.29) is 5.91 Å². The number of aromatic nitrogens is 5. The average molecular weight is 270 g/mol. The molecule has 0 radical (unpaired) electrons. The fourth-order valence-electron chi connectivity index (χ4n) is 1.97. The van der Waals surface area contributed by atoms with Crippen LogP contribution in [0.2, 0.25) is 0 Å². The number of amides is 1. The maximum atomic E-state index is 12.2. The zero-order valence-electron chi connectivity index (χ0n) is 11.0. The van der Waals surface area contributed by atoms with Gasteiger partial charge in [-0.25, -0.2) is 9.50 Å². The van der Waals surface area contributed by atoms with E-state index in [0.717, 1.165) is 13.0 Å². The average Bonchev–Trinajstić information content (AvgIpc) is 3.06. The van der Waals surface area contributed by atoms with Crippen LogP contribution in [0.15, 0.2) is 37.1 Å². The maximum Gasteiger partial charge on any atom is 0.261 e. The molecule has 0 aliphatic heterocycles. The molecule has 0 aliphatic carbocycles. The summed E-state index contributed by atoms with van der Waals surface area (Å²) in [6, 6.07) is 1.76. The van der Waals surface area contributed by atoms with Crippen LogP contribution >= 0.6 is 0 Å². The first-order valence-electron chi connectivity index (χ1n) is 6.40. The van der Waals surface area contributed by atoms with Crippen LogP contribution in [-0.4, -0.2) is 30.3 Å². The molecular weight excluding hydrogens is 256 g/mol. The Kier molecular flexibility index (Phi) is 3.16. The van der Waals surface area contributed by atoms with Gasteiger partial charge in [-0.2, -0.15) is 10.2 Å². The van der Waals surface area contributed by atoms with E-state index in [0.29, 0.717) is 16.9 Å². The van der Waals surface area contributed by atoms with Crippen LogP contribution in [0.3, 0.4) is 0 Å². The minimum absolute atomic E-state index is 0.241. The Morgan fingerprint density at radius 2 is 2.25 bits per heavy atom. The second-order valence-electron chi connectivity index (χ2n) is 4.39. The van der Waals surface area contributed by atoms with E-state index in [1.54, 1.807) is 40.1 Å². The lowest BCUT2D eigenvalue weighted by atomic mass is 10.3. The van der Waals surface area contributed by atoms with E-state index in [1.165, 1.54) is 6.20 Å². The number of rotatable bonds is 4. The minimum Gasteiger partial charge on any atom is -0.319 e. The third kappa shape index (κ3) is 2.25. The molecule has 0 atom stereocenters. The minimum atomic E-state index is -0.241. The van der Waals surface area contributed by atoms with Gasteiger partial charge in [-0.05, 0) is 12.5 Å². The van der Waals surface area contributed by atoms with Gasteiger partial charge in [-0.15, -0.1) is 0 Å². The smallest absolute Gasteiger partial charge is 0.261 e. The number of carbonyl (C=O) groups excluding carboxylic acids is 1. The van der Waals surface area contributed by atoms with Gasteiger partial charge in [0.05, 0.1) is 18.1 Å². The van der Waals surface area contributed by atoms with E-state index in [9.17, 15) is 4.79 Å². The van der Waals surface area contributed by atoms with Crippen molar-refractivity contribution in [2.24, 2.45) is 0 Å².